The van der Waals surface area contributed by atoms with Crippen molar-refractivity contribution < 1.29 is 14.7 Å². The van der Waals surface area contributed by atoms with Gasteiger partial charge in [0, 0.05) is 25.8 Å². The number of amides is 2. The SMILES string of the molecule is CC(=O)Nc1ccc(CC(=O)NCC(C)(C)CCO)cc1. The van der Waals surface area contributed by atoms with Gasteiger partial charge in [-0.15, -0.1) is 0 Å². The summed E-state index contributed by atoms with van der Waals surface area (Å²) in [5, 5.41) is 14.5. The van der Waals surface area contributed by atoms with E-state index in [0.29, 0.717) is 19.4 Å². The van der Waals surface area contributed by atoms with Crippen LogP contribution in [0.25, 0.3) is 0 Å². The molecule has 0 radical (unpaired) electrons. The van der Waals surface area contributed by atoms with E-state index in [1.807, 2.05) is 26.0 Å². The van der Waals surface area contributed by atoms with Gasteiger partial charge in [0.1, 0.15) is 0 Å². The van der Waals surface area contributed by atoms with E-state index in [0.717, 1.165) is 11.3 Å². The lowest BCUT2D eigenvalue weighted by Gasteiger charge is -2.23. The van der Waals surface area contributed by atoms with Gasteiger partial charge in [0.15, 0.2) is 0 Å². The molecule has 0 unspecified atom stereocenters. The molecule has 0 heterocycles. The van der Waals surface area contributed by atoms with Gasteiger partial charge in [0.05, 0.1) is 6.42 Å². The summed E-state index contributed by atoms with van der Waals surface area (Å²) < 4.78 is 0. The topological polar surface area (TPSA) is 78.4 Å². The molecule has 5 heteroatoms. The van der Waals surface area contributed by atoms with Crippen molar-refractivity contribution in [1.82, 2.24) is 5.32 Å². The van der Waals surface area contributed by atoms with E-state index in [1.54, 1.807) is 12.1 Å². The third-order valence-corrected chi connectivity index (χ3v) is 3.19. The van der Waals surface area contributed by atoms with Crippen molar-refractivity contribution in [3.8, 4) is 0 Å². The smallest absolute Gasteiger partial charge is 0.224 e. The maximum Gasteiger partial charge on any atom is 0.224 e. The van der Waals surface area contributed by atoms with Gasteiger partial charge in [0.25, 0.3) is 0 Å². The van der Waals surface area contributed by atoms with Crippen molar-refractivity contribution in [3.05, 3.63) is 29.8 Å². The van der Waals surface area contributed by atoms with E-state index in [9.17, 15) is 9.59 Å². The molecule has 116 valence electrons. The summed E-state index contributed by atoms with van der Waals surface area (Å²) in [6, 6.07) is 7.20. The second kappa shape index (κ2) is 7.78. The molecule has 1 aromatic rings. The molecule has 0 spiro atoms. The first-order valence-corrected chi connectivity index (χ1v) is 7.06. The number of carbonyl (C=O) groups excluding carboxylic acids is 2. The number of anilines is 1. The van der Waals surface area contributed by atoms with Crippen LogP contribution in [0.3, 0.4) is 0 Å². The van der Waals surface area contributed by atoms with Crippen LogP contribution in [0.2, 0.25) is 0 Å². The number of nitrogens with one attached hydrogen (secondary N) is 2. The summed E-state index contributed by atoms with van der Waals surface area (Å²) in [4.78, 5) is 22.8. The Kier molecular flexibility index (Phi) is 6.37. The van der Waals surface area contributed by atoms with Crippen LogP contribution in [0.5, 0.6) is 0 Å². The first-order chi connectivity index (χ1) is 9.82. The lowest BCUT2D eigenvalue weighted by atomic mass is 9.89. The van der Waals surface area contributed by atoms with E-state index in [-0.39, 0.29) is 23.8 Å². The number of hydrogen-bond acceptors (Lipinski definition) is 3. The lowest BCUT2D eigenvalue weighted by molar-refractivity contribution is -0.121. The molecule has 0 aliphatic carbocycles. The molecular weight excluding hydrogens is 268 g/mol. The summed E-state index contributed by atoms with van der Waals surface area (Å²) in [6.45, 7) is 6.12. The Balaban J connectivity index is 2.46. The minimum Gasteiger partial charge on any atom is -0.396 e. The first kappa shape index (κ1) is 17.2. The van der Waals surface area contributed by atoms with Crippen LogP contribution in [0, 0.1) is 5.41 Å². The molecule has 0 bridgehead atoms. The molecule has 0 saturated carbocycles. The van der Waals surface area contributed by atoms with Crippen LogP contribution in [-0.2, 0) is 16.0 Å². The molecule has 0 aliphatic rings. The molecule has 0 saturated heterocycles. The summed E-state index contributed by atoms with van der Waals surface area (Å²) in [5.41, 5.74) is 1.50. The summed E-state index contributed by atoms with van der Waals surface area (Å²) >= 11 is 0. The van der Waals surface area contributed by atoms with Crippen molar-refractivity contribution in [3.63, 3.8) is 0 Å². The first-order valence-electron chi connectivity index (χ1n) is 7.06. The van der Waals surface area contributed by atoms with Crippen molar-refractivity contribution in [2.45, 2.75) is 33.6 Å². The van der Waals surface area contributed by atoms with Crippen LogP contribution >= 0.6 is 0 Å². The third-order valence-electron chi connectivity index (χ3n) is 3.19. The fraction of sp³-hybridized carbons (Fsp3) is 0.500. The number of carbonyl (C=O) groups is 2. The summed E-state index contributed by atoms with van der Waals surface area (Å²) in [5.74, 6) is -0.167. The normalized spacial score (nSPS) is 11.0. The summed E-state index contributed by atoms with van der Waals surface area (Å²) in [7, 11) is 0. The summed E-state index contributed by atoms with van der Waals surface area (Å²) in [6.07, 6.45) is 0.953. The number of benzene rings is 1. The highest BCUT2D eigenvalue weighted by Gasteiger charge is 2.18. The Bertz CT molecular complexity index is 481. The Labute approximate surface area is 125 Å². The molecule has 5 nitrogen and oxygen atoms in total. The van der Waals surface area contributed by atoms with E-state index < -0.39 is 0 Å². The highest BCUT2D eigenvalue weighted by Crippen LogP contribution is 2.18. The molecular formula is C16H24N2O3. The average Bonchev–Trinajstić information content (AvgIpc) is 2.38. The highest BCUT2D eigenvalue weighted by atomic mass is 16.3. The zero-order valence-corrected chi connectivity index (χ0v) is 12.9. The molecule has 1 rings (SSSR count). The monoisotopic (exact) mass is 292 g/mol. The predicted octanol–water partition coefficient (Wildman–Crippen LogP) is 1.71. The second-order valence-electron chi connectivity index (χ2n) is 5.97. The standard InChI is InChI=1S/C16H24N2O3/c1-12(20)18-14-6-4-13(5-7-14)10-15(21)17-11-16(2,3)8-9-19/h4-7,19H,8-11H2,1-3H3,(H,17,21)(H,18,20). The van der Waals surface area contributed by atoms with Crippen molar-refractivity contribution >= 4 is 17.5 Å². The number of aliphatic hydroxyl groups excluding tert-OH is 1. The molecule has 0 fully saturated rings. The Hall–Kier alpha value is -1.88. The molecule has 21 heavy (non-hydrogen) atoms. The van der Waals surface area contributed by atoms with Crippen LogP contribution in [0.15, 0.2) is 24.3 Å². The Morgan fingerprint density at radius 2 is 1.81 bits per heavy atom. The number of aliphatic hydroxyl groups is 1. The van der Waals surface area contributed by atoms with Gasteiger partial charge in [-0.3, -0.25) is 9.59 Å². The Morgan fingerprint density at radius 1 is 1.19 bits per heavy atom. The lowest BCUT2D eigenvalue weighted by Crippen LogP contribution is -2.35. The molecule has 1 aromatic carbocycles. The Morgan fingerprint density at radius 3 is 2.33 bits per heavy atom. The quantitative estimate of drug-likeness (QED) is 0.716. The minimum absolute atomic E-state index is 0.0479. The van der Waals surface area contributed by atoms with E-state index in [4.69, 9.17) is 5.11 Å². The van der Waals surface area contributed by atoms with Gasteiger partial charge in [-0.05, 0) is 29.5 Å². The third kappa shape index (κ3) is 6.90. The van der Waals surface area contributed by atoms with Gasteiger partial charge < -0.3 is 15.7 Å². The molecule has 0 aromatic heterocycles. The molecule has 0 atom stereocenters. The minimum atomic E-state index is -0.119. The fourth-order valence-electron chi connectivity index (χ4n) is 1.89. The fourth-order valence-corrected chi connectivity index (χ4v) is 1.89. The van der Waals surface area contributed by atoms with Crippen molar-refractivity contribution in [2.75, 3.05) is 18.5 Å². The highest BCUT2D eigenvalue weighted by molar-refractivity contribution is 5.88. The maximum absolute atomic E-state index is 11.9. The second-order valence-corrected chi connectivity index (χ2v) is 5.97. The zero-order chi connectivity index (χ0) is 15.9. The molecule has 2 amide bonds. The van der Waals surface area contributed by atoms with Crippen LogP contribution < -0.4 is 10.6 Å². The van der Waals surface area contributed by atoms with Crippen molar-refractivity contribution in [1.29, 1.82) is 0 Å². The van der Waals surface area contributed by atoms with Crippen LogP contribution in [0.4, 0.5) is 5.69 Å². The van der Waals surface area contributed by atoms with Crippen molar-refractivity contribution in [2.24, 2.45) is 5.41 Å². The van der Waals surface area contributed by atoms with Gasteiger partial charge in [-0.2, -0.15) is 0 Å². The van der Waals surface area contributed by atoms with Gasteiger partial charge in [-0.25, -0.2) is 0 Å². The van der Waals surface area contributed by atoms with E-state index >= 15 is 0 Å². The maximum atomic E-state index is 11.9. The van der Waals surface area contributed by atoms with Crippen LogP contribution in [0.1, 0.15) is 32.8 Å². The largest absolute Gasteiger partial charge is 0.396 e. The van der Waals surface area contributed by atoms with Crippen LogP contribution in [-0.4, -0.2) is 30.1 Å². The average molecular weight is 292 g/mol. The molecule has 3 N–H and O–H groups in total. The zero-order valence-electron chi connectivity index (χ0n) is 12.9. The van der Waals surface area contributed by atoms with Gasteiger partial charge in [-0.1, -0.05) is 26.0 Å². The molecule has 0 aliphatic heterocycles. The van der Waals surface area contributed by atoms with E-state index in [1.165, 1.54) is 6.92 Å². The van der Waals surface area contributed by atoms with Gasteiger partial charge in [0.2, 0.25) is 11.8 Å². The van der Waals surface area contributed by atoms with E-state index in [2.05, 4.69) is 10.6 Å². The number of rotatable bonds is 7. The number of hydrogen-bond donors (Lipinski definition) is 3. The predicted molar refractivity (Wildman–Crippen MR) is 82.9 cm³/mol. The van der Waals surface area contributed by atoms with Gasteiger partial charge >= 0.3 is 0 Å².